The number of allylic oxidation sites excluding steroid dienone is 4. The van der Waals surface area contributed by atoms with Crippen LogP contribution < -0.4 is 0 Å². The van der Waals surface area contributed by atoms with Gasteiger partial charge in [-0.15, -0.1) is 43.3 Å². The maximum Gasteiger partial charge on any atom is -0.00830 e. The SMILES string of the molecule is CCCCCCCCC(=CC(P)CCCCCCCC)CCCCCCCC.CCCCCCCCCCC(=CC(P)CCCCCCCCCC)CCCCCCCCCC.Cl.Cl. The van der Waals surface area contributed by atoms with Gasteiger partial charge in [0.1, 0.15) is 0 Å². The van der Waals surface area contributed by atoms with Crippen LogP contribution in [-0.2, 0) is 0 Å². The average Bonchev–Trinajstić information content (AvgIpc) is 3.27. The van der Waals surface area contributed by atoms with Crippen LogP contribution in [0.3, 0.4) is 0 Å². The van der Waals surface area contributed by atoms with Gasteiger partial charge >= 0.3 is 0 Å². The lowest BCUT2D eigenvalue weighted by atomic mass is 9.97. The van der Waals surface area contributed by atoms with Crippen LogP contribution in [0, 0.1) is 0 Å². The molecular weight excluding hydrogens is 854 g/mol. The highest BCUT2D eigenvalue weighted by Gasteiger charge is 2.07. The first-order valence-electron chi connectivity index (χ1n) is 29.4. The fourth-order valence-electron chi connectivity index (χ4n) is 9.27. The van der Waals surface area contributed by atoms with E-state index < -0.39 is 0 Å². The van der Waals surface area contributed by atoms with E-state index in [2.05, 4.69) is 72.2 Å². The van der Waals surface area contributed by atoms with E-state index >= 15 is 0 Å². The lowest BCUT2D eigenvalue weighted by Gasteiger charge is -2.13. The zero-order valence-corrected chi connectivity index (χ0v) is 49.2. The van der Waals surface area contributed by atoms with E-state index in [4.69, 9.17) is 0 Å². The summed E-state index contributed by atoms with van der Waals surface area (Å²) in [4.78, 5) is 0. The molecule has 0 amide bonds. The van der Waals surface area contributed by atoms with E-state index in [1.165, 1.54) is 308 Å². The van der Waals surface area contributed by atoms with Crippen LogP contribution in [0.25, 0.3) is 0 Å². The highest BCUT2D eigenvalue weighted by molar-refractivity contribution is 7.18. The largest absolute Gasteiger partial charge is 0.147 e. The Kier molecular flexibility index (Phi) is 71.4. The summed E-state index contributed by atoms with van der Waals surface area (Å²) in [5.41, 5.74) is 4.98. The van der Waals surface area contributed by atoms with Gasteiger partial charge in [-0.2, -0.15) is 0 Å². The Labute approximate surface area is 425 Å². The average molecular weight is 979 g/mol. The van der Waals surface area contributed by atoms with Crippen molar-refractivity contribution in [2.45, 2.75) is 361 Å². The van der Waals surface area contributed by atoms with E-state index in [1.54, 1.807) is 11.1 Å². The molecule has 4 atom stereocenters. The van der Waals surface area contributed by atoms with Crippen LogP contribution >= 0.6 is 43.3 Å². The zero-order valence-electron chi connectivity index (χ0n) is 45.2. The zero-order chi connectivity index (χ0) is 45.7. The summed E-state index contributed by atoms with van der Waals surface area (Å²) in [6.07, 6.45) is 73.5. The third-order valence-electron chi connectivity index (χ3n) is 13.6. The summed E-state index contributed by atoms with van der Waals surface area (Å²) in [5.74, 6) is 0. The molecule has 0 spiro atoms. The van der Waals surface area contributed by atoms with Crippen molar-refractivity contribution in [3.05, 3.63) is 23.3 Å². The van der Waals surface area contributed by atoms with Gasteiger partial charge in [-0.05, 0) is 75.5 Å². The fourth-order valence-corrected chi connectivity index (χ4v) is 10.3. The second kappa shape index (κ2) is 63.9. The van der Waals surface area contributed by atoms with Gasteiger partial charge in [0.15, 0.2) is 0 Å². The molecule has 0 aromatic carbocycles. The molecule has 0 heterocycles. The van der Waals surface area contributed by atoms with Crippen LogP contribution in [0.2, 0.25) is 0 Å². The molecule has 0 saturated carbocycles. The first kappa shape index (κ1) is 71.5. The van der Waals surface area contributed by atoms with Crippen molar-refractivity contribution in [1.82, 2.24) is 0 Å². The summed E-state index contributed by atoms with van der Waals surface area (Å²) >= 11 is 0. The smallest absolute Gasteiger partial charge is 0.00830 e. The van der Waals surface area contributed by atoms with Crippen molar-refractivity contribution in [3.63, 3.8) is 0 Å². The predicted octanol–water partition coefficient (Wildman–Crippen LogP) is 24.0. The summed E-state index contributed by atoms with van der Waals surface area (Å²) in [5, 5.41) is 0. The number of halogens is 2. The molecule has 0 aliphatic carbocycles. The van der Waals surface area contributed by atoms with E-state index in [1.807, 2.05) is 0 Å². The molecule has 0 aliphatic heterocycles. The molecule has 0 fully saturated rings. The molecule has 0 saturated heterocycles. The Hall–Kier alpha value is 0.920. The second-order valence-corrected chi connectivity index (χ2v) is 22.0. The highest BCUT2D eigenvalue weighted by Crippen LogP contribution is 2.25. The Morgan fingerprint density at radius 1 is 0.250 bits per heavy atom. The number of rotatable bonds is 50. The molecule has 388 valence electrons. The lowest BCUT2D eigenvalue weighted by Crippen LogP contribution is -1.97. The molecule has 4 heteroatoms. The standard InChI is InChI=1S/C33H67P.C27H55P.2ClH/c1-4-7-10-13-16-19-22-25-28-32(29-26-23-20-17-14-11-8-5-2)31-33(34)30-27-24-21-18-15-12-9-6-3;1-4-7-10-13-16-19-22-26(23-20-17-14-11-8-5-2)25-27(28)24-21-18-15-12-9-6-3;;/h31,33H,4-30,34H2,1-3H3;25,27H,4-24,28H2,1-3H3;2*1H. The monoisotopic (exact) mass is 977 g/mol. The lowest BCUT2D eigenvalue weighted by molar-refractivity contribution is 0.557. The van der Waals surface area contributed by atoms with Crippen LogP contribution in [-0.4, -0.2) is 11.3 Å². The van der Waals surface area contributed by atoms with Crippen LogP contribution in [0.5, 0.6) is 0 Å². The minimum absolute atomic E-state index is 0. The van der Waals surface area contributed by atoms with Crippen LogP contribution in [0.4, 0.5) is 0 Å². The maximum absolute atomic E-state index is 3.17. The van der Waals surface area contributed by atoms with Crippen molar-refractivity contribution >= 4 is 43.3 Å². The molecule has 0 N–H and O–H groups in total. The van der Waals surface area contributed by atoms with Gasteiger partial charge in [0, 0.05) is 0 Å². The van der Waals surface area contributed by atoms with Gasteiger partial charge in [0.05, 0.1) is 0 Å². The molecule has 0 aromatic rings. The number of unbranched alkanes of at least 4 members (excludes halogenated alkanes) is 36. The van der Waals surface area contributed by atoms with Gasteiger partial charge in [-0.25, -0.2) is 0 Å². The van der Waals surface area contributed by atoms with Gasteiger partial charge in [0.25, 0.3) is 0 Å². The first-order chi connectivity index (χ1) is 30.5. The van der Waals surface area contributed by atoms with Crippen LogP contribution in [0.1, 0.15) is 350 Å². The molecule has 4 unspecified atom stereocenters. The molecule has 0 radical (unpaired) electrons. The summed E-state index contributed by atoms with van der Waals surface area (Å²) in [6, 6.07) is 0. The minimum atomic E-state index is 0. The number of hydrogen-bond acceptors (Lipinski definition) is 0. The maximum atomic E-state index is 3.17. The van der Waals surface area contributed by atoms with Crippen molar-refractivity contribution < 1.29 is 0 Å². The summed E-state index contributed by atoms with van der Waals surface area (Å²) < 4.78 is 0. The van der Waals surface area contributed by atoms with Crippen molar-refractivity contribution in [2.24, 2.45) is 0 Å². The van der Waals surface area contributed by atoms with Gasteiger partial charge in [-0.3, -0.25) is 0 Å². The normalized spacial score (nSPS) is 11.9. The molecule has 0 rings (SSSR count). The predicted molar refractivity (Wildman–Crippen MR) is 313 cm³/mol. The third-order valence-corrected chi connectivity index (χ3v) is 14.6. The Morgan fingerprint density at radius 3 is 0.594 bits per heavy atom. The molecule has 0 aromatic heterocycles. The molecule has 64 heavy (non-hydrogen) atoms. The van der Waals surface area contributed by atoms with Crippen molar-refractivity contribution in [3.8, 4) is 0 Å². The van der Waals surface area contributed by atoms with E-state index in [-0.39, 0.29) is 24.8 Å². The molecule has 0 nitrogen and oxygen atoms in total. The Balaban J connectivity index is -0.000000555. The summed E-state index contributed by atoms with van der Waals surface area (Å²) in [6.45, 7) is 13.9. The van der Waals surface area contributed by atoms with E-state index in [0.717, 1.165) is 0 Å². The molecule has 0 bridgehead atoms. The minimum Gasteiger partial charge on any atom is -0.147 e. The van der Waals surface area contributed by atoms with E-state index in [9.17, 15) is 0 Å². The van der Waals surface area contributed by atoms with Gasteiger partial charge in [-0.1, -0.05) is 309 Å². The van der Waals surface area contributed by atoms with Crippen molar-refractivity contribution in [1.29, 1.82) is 0 Å². The third kappa shape index (κ3) is 60.9. The summed E-state index contributed by atoms with van der Waals surface area (Å²) in [7, 11) is 6.31. The first-order valence-corrected chi connectivity index (χ1v) is 30.7. The topological polar surface area (TPSA) is 0 Å². The Bertz CT molecular complexity index is 832. The molecule has 0 aliphatic rings. The highest BCUT2D eigenvalue weighted by atomic mass is 35.5. The van der Waals surface area contributed by atoms with Crippen LogP contribution in [0.15, 0.2) is 23.3 Å². The second-order valence-electron chi connectivity index (χ2n) is 20.3. The Morgan fingerprint density at radius 2 is 0.406 bits per heavy atom. The quantitative estimate of drug-likeness (QED) is 0.0324. The van der Waals surface area contributed by atoms with Gasteiger partial charge < -0.3 is 0 Å². The van der Waals surface area contributed by atoms with Gasteiger partial charge in [0.2, 0.25) is 0 Å². The van der Waals surface area contributed by atoms with E-state index in [0.29, 0.717) is 11.3 Å². The fraction of sp³-hybridized carbons (Fsp3) is 0.933. The number of hydrogen-bond donors (Lipinski definition) is 0. The van der Waals surface area contributed by atoms with Crippen molar-refractivity contribution in [2.75, 3.05) is 0 Å². The molecular formula is C60H124Cl2P2.